The predicted molar refractivity (Wildman–Crippen MR) is 101 cm³/mol. The predicted octanol–water partition coefficient (Wildman–Crippen LogP) is 3.67. The van der Waals surface area contributed by atoms with E-state index in [-0.39, 0.29) is 18.5 Å². The Morgan fingerprint density at radius 2 is 2.00 bits per heavy atom. The first kappa shape index (κ1) is 20.1. The van der Waals surface area contributed by atoms with Crippen molar-refractivity contribution < 1.29 is 27.5 Å². The topological polar surface area (TPSA) is 71.2 Å². The van der Waals surface area contributed by atoms with Crippen LogP contribution in [-0.2, 0) is 30.4 Å². The van der Waals surface area contributed by atoms with Crippen molar-refractivity contribution >= 4 is 22.8 Å². The largest absolute Gasteiger partial charge is 0.480 e. The van der Waals surface area contributed by atoms with Crippen LogP contribution in [0.3, 0.4) is 0 Å². The van der Waals surface area contributed by atoms with Crippen LogP contribution in [0, 0.1) is 5.82 Å². The molecule has 1 unspecified atom stereocenters. The number of likely N-dealkylation sites (N-methyl/N-ethyl adjacent to an activating group) is 1. The van der Waals surface area contributed by atoms with Gasteiger partial charge in [-0.05, 0) is 43.0 Å². The van der Waals surface area contributed by atoms with Gasteiger partial charge in [-0.2, -0.15) is 13.2 Å². The molecule has 6 nitrogen and oxygen atoms in total. The lowest BCUT2D eigenvalue weighted by molar-refractivity contribution is -0.138. The van der Waals surface area contributed by atoms with Crippen LogP contribution >= 0.6 is 0 Å². The normalized spacial score (nSPS) is 16.5. The molecule has 0 saturated carbocycles. The van der Waals surface area contributed by atoms with E-state index < -0.39 is 23.5 Å². The van der Waals surface area contributed by atoms with E-state index in [0.29, 0.717) is 30.2 Å². The van der Waals surface area contributed by atoms with Crippen LogP contribution in [0.25, 0.3) is 10.9 Å². The second kappa shape index (κ2) is 7.26. The molecule has 1 aliphatic carbocycles. The lowest BCUT2D eigenvalue weighted by Crippen LogP contribution is -2.38. The van der Waals surface area contributed by atoms with Gasteiger partial charge in [0.1, 0.15) is 12.4 Å². The van der Waals surface area contributed by atoms with Gasteiger partial charge in [0.25, 0.3) is 0 Å². The summed E-state index contributed by atoms with van der Waals surface area (Å²) in [6.07, 6.45) is -1.35. The number of hydrogen-bond donors (Lipinski definition) is 1. The van der Waals surface area contributed by atoms with E-state index in [4.69, 9.17) is 0 Å². The molecule has 2 heterocycles. The summed E-state index contributed by atoms with van der Waals surface area (Å²) in [5.74, 6) is -1.24. The van der Waals surface area contributed by atoms with Crippen molar-refractivity contribution in [2.24, 2.45) is 0 Å². The summed E-state index contributed by atoms with van der Waals surface area (Å²) in [6, 6.07) is 4.14. The minimum Gasteiger partial charge on any atom is -0.480 e. The molecule has 1 atom stereocenters. The maximum absolute atomic E-state index is 13.9. The molecule has 4 rings (SSSR count). The number of carboxylic acid groups (broad SMARTS) is 1. The number of aromatic nitrogens is 3. The zero-order chi connectivity index (χ0) is 21.6. The Hall–Kier alpha value is -3.17. The summed E-state index contributed by atoms with van der Waals surface area (Å²) in [6.45, 7) is -0.222. The van der Waals surface area contributed by atoms with Crippen molar-refractivity contribution in [3.63, 3.8) is 0 Å². The third kappa shape index (κ3) is 3.57. The molecule has 2 aromatic heterocycles. The Bertz CT molecular complexity index is 1110. The Balaban J connectivity index is 1.67. The first-order valence-electron chi connectivity index (χ1n) is 9.28. The monoisotopic (exact) mass is 422 g/mol. The van der Waals surface area contributed by atoms with Gasteiger partial charge in [-0.3, -0.25) is 4.79 Å². The number of rotatable bonds is 4. The number of benzene rings is 1. The number of alkyl halides is 3. The minimum atomic E-state index is -4.51. The van der Waals surface area contributed by atoms with Gasteiger partial charge in [0.2, 0.25) is 5.95 Å². The molecule has 3 aromatic rings. The van der Waals surface area contributed by atoms with Crippen LogP contribution in [0.4, 0.5) is 23.5 Å². The van der Waals surface area contributed by atoms with Crippen LogP contribution in [0.1, 0.15) is 23.2 Å². The van der Waals surface area contributed by atoms with Gasteiger partial charge in [0, 0.05) is 42.1 Å². The number of hydrogen-bond acceptors (Lipinski definition) is 4. The Labute approximate surface area is 168 Å². The first-order valence-corrected chi connectivity index (χ1v) is 9.28. The zero-order valence-corrected chi connectivity index (χ0v) is 15.9. The second-order valence-electron chi connectivity index (χ2n) is 7.34. The molecular formula is C20H18F4N4O2. The van der Waals surface area contributed by atoms with Crippen LogP contribution in [0.2, 0.25) is 0 Å². The van der Waals surface area contributed by atoms with E-state index in [9.17, 15) is 27.5 Å². The van der Waals surface area contributed by atoms with Gasteiger partial charge < -0.3 is 14.6 Å². The number of anilines is 1. The summed E-state index contributed by atoms with van der Waals surface area (Å²) < 4.78 is 53.8. The van der Waals surface area contributed by atoms with Gasteiger partial charge in [-0.25, -0.2) is 14.4 Å². The van der Waals surface area contributed by atoms with Gasteiger partial charge >= 0.3 is 12.1 Å². The third-order valence-corrected chi connectivity index (χ3v) is 5.52. The van der Waals surface area contributed by atoms with Gasteiger partial charge in [-0.1, -0.05) is 0 Å². The quantitative estimate of drug-likeness (QED) is 0.650. The molecule has 0 bridgehead atoms. The highest BCUT2D eigenvalue weighted by Crippen LogP contribution is 2.35. The number of carboxylic acids is 1. The summed E-state index contributed by atoms with van der Waals surface area (Å²) in [5.41, 5.74) is 1.42. The van der Waals surface area contributed by atoms with Crippen LogP contribution in [-0.4, -0.2) is 38.7 Å². The smallest absolute Gasteiger partial charge is 0.419 e. The fourth-order valence-electron chi connectivity index (χ4n) is 4.06. The summed E-state index contributed by atoms with van der Waals surface area (Å²) >= 11 is 0. The van der Waals surface area contributed by atoms with Crippen LogP contribution in [0.15, 0.2) is 30.6 Å². The van der Waals surface area contributed by atoms with E-state index in [2.05, 4.69) is 9.97 Å². The van der Waals surface area contributed by atoms with Gasteiger partial charge in [-0.15, -0.1) is 0 Å². The fraction of sp³-hybridized carbons (Fsp3) is 0.350. The number of fused-ring (bicyclic) bond motifs is 3. The second-order valence-corrected chi connectivity index (χ2v) is 7.34. The maximum atomic E-state index is 13.9. The average molecular weight is 422 g/mol. The van der Waals surface area contributed by atoms with E-state index in [1.165, 1.54) is 12.1 Å². The molecule has 0 saturated heterocycles. The zero-order valence-electron chi connectivity index (χ0n) is 15.9. The first-order chi connectivity index (χ1) is 14.1. The van der Waals surface area contributed by atoms with Crippen molar-refractivity contribution in [1.82, 2.24) is 14.5 Å². The van der Waals surface area contributed by atoms with Crippen molar-refractivity contribution in [1.29, 1.82) is 0 Å². The molecule has 158 valence electrons. The van der Waals surface area contributed by atoms with Crippen molar-refractivity contribution in [3.05, 3.63) is 53.2 Å². The maximum Gasteiger partial charge on any atom is 0.419 e. The molecule has 1 aliphatic rings. The highest BCUT2D eigenvalue weighted by Gasteiger charge is 2.33. The molecule has 0 aliphatic heterocycles. The highest BCUT2D eigenvalue weighted by molar-refractivity contribution is 5.87. The average Bonchev–Trinajstić information content (AvgIpc) is 2.99. The molecule has 0 amide bonds. The molecule has 0 radical (unpaired) electrons. The van der Waals surface area contributed by atoms with Gasteiger partial charge in [0.05, 0.1) is 5.56 Å². The summed E-state index contributed by atoms with van der Waals surface area (Å²) in [4.78, 5) is 20.7. The van der Waals surface area contributed by atoms with Gasteiger partial charge in [0.15, 0.2) is 0 Å². The standard InChI is InChI=1S/C20H18F4N4O2/c1-27(19-25-8-11(9-26-19)20(22,23)24)13-3-5-17-15(7-13)14-6-12(21)2-4-16(14)28(17)10-18(29)30/h2,4,6,8-9,13H,3,5,7,10H2,1H3,(H,29,30). The molecule has 30 heavy (non-hydrogen) atoms. The molecule has 1 N–H and O–H groups in total. The minimum absolute atomic E-state index is 0.124. The molecule has 0 fully saturated rings. The summed E-state index contributed by atoms with van der Waals surface area (Å²) in [7, 11) is 1.70. The van der Waals surface area contributed by atoms with Crippen molar-refractivity contribution in [2.45, 2.75) is 38.0 Å². The Morgan fingerprint density at radius 3 is 2.63 bits per heavy atom. The lowest BCUT2D eigenvalue weighted by Gasteiger charge is -2.32. The van der Waals surface area contributed by atoms with E-state index >= 15 is 0 Å². The molecule has 1 aromatic carbocycles. The van der Waals surface area contributed by atoms with E-state index in [0.717, 1.165) is 23.7 Å². The molecular weight excluding hydrogens is 404 g/mol. The highest BCUT2D eigenvalue weighted by atomic mass is 19.4. The van der Waals surface area contributed by atoms with Crippen LogP contribution < -0.4 is 4.90 Å². The summed E-state index contributed by atoms with van der Waals surface area (Å²) in [5, 5.41) is 9.92. The number of aliphatic carboxylic acids is 1. The van der Waals surface area contributed by atoms with Crippen LogP contribution in [0.5, 0.6) is 0 Å². The number of carbonyl (C=O) groups is 1. The number of nitrogens with zero attached hydrogens (tertiary/aromatic N) is 4. The molecule has 10 heteroatoms. The Kier molecular flexibility index (Phi) is 4.87. The van der Waals surface area contributed by atoms with Crippen molar-refractivity contribution in [2.75, 3.05) is 11.9 Å². The lowest BCUT2D eigenvalue weighted by atomic mass is 9.90. The van der Waals surface area contributed by atoms with Crippen molar-refractivity contribution in [3.8, 4) is 0 Å². The Morgan fingerprint density at radius 1 is 1.30 bits per heavy atom. The third-order valence-electron chi connectivity index (χ3n) is 5.52. The fourth-order valence-corrected chi connectivity index (χ4v) is 4.06. The number of halogens is 4. The SMILES string of the molecule is CN(c1ncc(C(F)(F)F)cn1)C1CCc2c(c3cc(F)ccc3n2CC(=O)O)C1. The molecule has 0 spiro atoms. The van der Waals surface area contributed by atoms with E-state index in [1.54, 1.807) is 22.6 Å². The van der Waals surface area contributed by atoms with E-state index in [1.807, 2.05) is 0 Å².